The summed E-state index contributed by atoms with van der Waals surface area (Å²) in [5.74, 6) is 0.770. The predicted molar refractivity (Wildman–Crippen MR) is 74.3 cm³/mol. The van der Waals surface area contributed by atoms with E-state index in [2.05, 4.69) is 10.5 Å². The Hall–Kier alpha value is -1.98. The number of hydrogen-bond donors (Lipinski definition) is 3. The van der Waals surface area contributed by atoms with Gasteiger partial charge in [-0.3, -0.25) is 4.79 Å². The van der Waals surface area contributed by atoms with Crippen LogP contribution in [0.3, 0.4) is 0 Å². The number of furan rings is 1. The SMILES string of the molecule is CC(CCc1ccco1)NC(=O)C1(/C(N)=N/O)CCC1. The zero-order valence-corrected chi connectivity index (χ0v) is 11.6. The van der Waals surface area contributed by atoms with Gasteiger partial charge in [0.05, 0.1) is 6.26 Å². The molecule has 1 saturated carbocycles. The fraction of sp³-hybridized carbons (Fsp3) is 0.571. The summed E-state index contributed by atoms with van der Waals surface area (Å²) in [6, 6.07) is 3.77. The second-order valence-electron chi connectivity index (χ2n) is 5.41. The highest BCUT2D eigenvalue weighted by molar-refractivity contribution is 6.07. The van der Waals surface area contributed by atoms with Crippen LogP contribution in [0.25, 0.3) is 0 Å². The quantitative estimate of drug-likeness (QED) is 0.319. The average molecular weight is 279 g/mol. The third-order valence-corrected chi connectivity index (χ3v) is 4.02. The van der Waals surface area contributed by atoms with Crippen molar-refractivity contribution in [3.8, 4) is 0 Å². The van der Waals surface area contributed by atoms with Crippen LogP contribution in [0.5, 0.6) is 0 Å². The van der Waals surface area contributed by atoms with E-state index in [0.717, 1.165) is 25.0 Å². The van der Waals surface area contributed by atoms with Gasteiger partial charge in [-0.1, -0.05) is 11.6 Å². The summed E-state index contributed by atoms with van der Waals surface area (Å²) in [5, 5.41) is 14.8. The van der Waals surface area contributed by atoms with Gasteiger partial charge in [0.2, 0.25) is 5.91 Å². The number of nitrogens with zero attached hydrogens (tertiary/aromatic N) is 1. The molecule has 1 amide bonds. The highest BCUT2D eigenvalue weighted by atomic mass is 16.4. The van der Waals surface area contributed by atoms with Gasteiger partial charge in [0, 0.05) is 12.5 Å². The van der Waals surface area contributed by atoms with E-state index in [-0.39, 0.29) is 17.8 Å². The van der Waals surface area contributed by atoms with Crippen molar-refractivity contribution >= 4 is 11.7 Å². The van der Waals surface area contributed by atoms with Crippen LogP contribution >= 0.6 is 0 Å². The Kier molecular flexibility index (Phi) is 4.32. The molecule has 1 unspecified atom stereocenters. The highest BCUT2D eigenvalue weighted by Crippen LogP contribution is 2.41. The molecule has 0 spiro atoms. The Balaban J connectivity index is 1.87. The summed E-state index contributed by atoms with van der Waals surface area (Å²) in [6.45, 7) is 1.94. The molecule has 0 bridgehead atoms. The molecular weight excluding hydrogens is 258 g/mol. The summed E-state index contributed by atoms with van der Waals surface area (Å²) < 4.78 is 5.26. The van der Waals surface area contributed by atoms with Crippen LogP contribution in [0.2, 0.25) is 0 Å². The van der Waals surface area contributed by atoms with Crippen molar-refractivity contribution in [2.45, 2.75) is 45.1 Å². The van der Waals surface area contributed by atoms with Gasteiger partial charge in [0.1, 0.15) is 11.2 Å². The highest BCUT2D eigenvalue weighted by Gasteiger charge is 2.48. The first kappa shape index (κ1) is 14.4. The lowest BCUT2D eigenvalue weighted by Crippen LogP contribution is -2.55. The van der Waals surface area contributed by atoms with Gasteiger partial charge in [-0.25, -0.2) is 0 Å². The molecule has 1 aliphatic rings. The van der Waals surface area contributed by atoms with Crippen LogP contribution in [-0.2, 0) is 11.2 Å². The third-order valence-electron chi connectivity index (χ3n) is 4.02. The third kappa shape index (κ3) is 2.79. The number of oxime groups is 1. The largest absolute Gasteiger partial charge is 0.469 e. The molecule has 20 heavy (non-hydrogen) atoms. The van der Waals surface area contributed by atoms with Crippen molar-refractivity contribution in [2.75, 3.05) is 0 Å². The summed E-state index contributed by atoms with van der Waals surface area (Å²) in [7, 11) is 0. The molecule has 1 aromatic heterocycles. The number of amidine groups is 1. The number of aryl methyl sites for hydroxylation is 1. The minimum absolute atomic E-state index is 0.0107. The molecule has 0 radical (unpaired) electrons. The maximum Gasteiger partial charge on any atom is 0.234 e. The molecule has 4 N–H and O–H groups in total. The lowest BCUT2D eigenvalue weighted by atomic mass is 9.67. The van der Waals surface area contributed by atoms with Gasteiger partial charge >= 0.3 is 0 Å². The number of carbonyl (C=O) groups is 1. The van der Waals surface area contributed by atoms with E-state index in [0.29, 0.717) is 12.8 Å². The van der Waals surface area contributed by atoms with Gasteiger partial charge in [-0.15, -0.1) is 0 Å². The molecule has 1 atom stereocenters. The van der Waals surface area contributed by atoms with Crippen molar-refractivity contribution < 1.29 is 14.4 Å². The molecule has 1 heterocycles. The van der Waals surface area contributed by atoms with Crippen LogP contribution in [0.15, 0.2) is 28.0 Å². The maximum absolute atomic E-state index is 12.3. The fourth-order valence-corrected chi connectivity index (χ4v) is 2.47. The number of nitrogens with one attached hydrogen (secondary N) is 1. The van der Waals surface area contributed by atoms with E-state index in [9.17, 15) is 4.79 Å². The van der Waals surface area contributed by atoms with E-state index < -0.39 is 5.41 Å². The summed E-state index contributed by atoms with van der Waals surface area (Å²) in [6.07, 6.45) is 5.39. The Morgan fingerprint density at radius 2 is 2.40 bits per heavy atom. The lowest BCUT2D eigenvalue weighted by molar-refractivity contribution is -0.131. The minimum atomic E-state index is -0.812. The predicted octanol–water partition coefficient (Wildman–Crippen LogP) is 1.63. The van der Waals surface area contributed by atoms with Gasteiger partial charge in [-0.05, 0) is 38.3 Å². The Morgan fingerprint density at radius 3 is 2.90 bits per heavy atom. The molecule has 6 heteroatoms. The van der Waals surface area contributed by atoms with E-state index >= 15 is 0 Å². The van der Waals surface area contributed by atoms with Gasteiger partial charge < -0.3 is 20.7 Å². The smallest absolute Gasteiger partial charge is 0.234 e. The zero-order valence-electron chi connectivity index (χ0n) is 11.6. The maximum atomic E-state index is 12.3. The Morgan fingerprint density at radius 1 is 1.65 bits per heavy atom. The summed E-state index contributed by atoms with van der Waals surface area (Å²) in [4.78, 5) is 12.3. The van der Waals surface area contributed by atoms with Crippen molar-refractivity contribution in [1.29, 1.82) is 0 Å². The summed E-state index contributed by atoms with van der Waals surface area (Å²) >= 11 is 0. The summed E-state index contributed by atoms with van der Waals surface area (Å²) in [5.41, 5.74) is 4.85. The first-order valence-electron chi connectivity index (χ1n) is 6.90. The first-order chi connectivity index (χ1) is 9.58. The lowest BCUT2D eigenvalue weighted by Gasteiger charge is -2.39. The van der Waals surface area contributed by atoms with Crippen LogP contribution in [0.4, 0.5) is 0 Å². The van der Waals surface area contributed by atoms with E-state index in [4.69, 9.17) is 15.4 Å². The van der Waals surface area contributed by atoms with Crippen molar-refractivity contribution in [3.05, 3.63) is 24.2 Å². The Bertz CT molecular complexity index is 478. The van der Waals surface area contributed by atoms with E-state index in [1.165, 1.54) is 0 Å². The fourth-order valence-electron chi connectivity index (χ4n) is 2.47. The zero-order chi connectivity index (χ0) is 14.6. The average Bonchev–Trinajstić information content (AvgIpc) is 2.87. The van der Waals surface area contributed by atoms with Crippen LogP contribution in [0, 0.1) is 5.41 Å². The number of hydrogen-bond acceptors (Lipinski definition) is 4. The Labute approximate surface area is 118 Å². The van der Waals surface area contributed by atoms with E-state index in [1.807, 2.05) is 19.1 Å². The minimum Gasteiger partial charge on any atom is -0.469 e. The number of amides is 1. The van der Waals surface area contributed by atoms with Crippen molar-refractivity contribution in [1.82, 2.24) is 5.32 Å². The van der Waals surface area contributed by atoms with Crippen LogP contribution in [-0.4, -0.2) is 23.0 Å². The van der Waals surface area contributed by atoms with Crippen LogP contribution in [0.1, 0.15) is 38.4 Å². The second-order valence-corrected chi connectivity index (χ2v) is 5.41. The van der Waals surface area contributed by atoms with Gasteiger partial charge in [0.15, 0.2) is 5.84 Å². The van der Waals surface area contributed by atoms with E-state index in [1.54, 1.807) is 6.26 Å². The molecule has 0 aliphatic heterocycles. The van der Waals surface area contributed by atoms with Crippen molar-refractivity contribution in [2.24, 2.45) is 16.3 Å². The molecule has 6 nitrogen and oxygen atoms in total. The number of rotatable bonds is 6. The van der Waals surface area contributed by atoms with Crippen LogP contribution < -0.4 is 11.1 Å². The first-order valence-corrected chi connectivity index (χ1v) is 6.90. The number of carbonyl (C=O) groups excluding carboxylic acids is 1. The molecule has 1 fully saturated rings. The topological polar surface area (TPSA) is 101 Å². The molecule has 0 aromatic carbocycles. The normalized spacial score (nSPS) is 19.1. The monoisotopic (exact) mass is 279 g/mol. The van der Waals surface area contributed by atoms with Crippen molar-refractivity contribution in [3.63, 3.8) is 0 Å². The molecule has 1 aromatic rings. The van der Waals surface area contributed by atoms with Gasteiger partial charge in [-0.2, -0.15) is 0 Å². The molecule has 0 saturated heterocycles. The molecule has 110 valence electrons. The standard InChI is InChI=1S/C14H21N3O3/c1-10(5-6-11-4-2-9-20-11)16-13(18)14(7-3-8-14)12(15)17-19/h2,4,9-10,19H,3,5-8H2,1H3,(H2,15,17)(H,16,18). The molecule has 2 rings (SSSR count). The van der Waals surface area contributed by atoms with Gasteiger partial charge in [0.25, 0.3) is 0 Å². The molecule has 1 aliphatic carbocycles. The number of nitrogens with two attached hydrogens (primary N) is 1. The second kappa shape index (κ2) is 5.98. The molecular formula is C14H21N3O3.